The van der Waals surface area contributed by atoms with Crippen LogP contribution in [0.2, 0.25) is 0 Å². The third kappa shape index (κ3) is 49.6. The summed E-state index contributed by atoms with van der Waals surface area (Å²) in [4.78, 5) is 104. The lowest BCUT2D eigenvalue weighted by Gasteiger charge is -2.23. The number of esters is 1. The Morgan fingerprint density at radius 3 is 1.43 bits per heavy atom. The van der Waals surface area contributed by atoms with Crippen molar-refractivity contribution < 1.29 is 70.7 Å². The van der Waals surface area contributed by atoms with E-state index in [-0.39, 0.29) is 117 Å². The molecule has 30 heteroatoms. The average molecular weight is 1150 g/mol. The second-order valence-electron chi connectivity index (χ2n) is 17.4. The zero-order chi connectivity index (χ0) is 57.4. The minimum Gasteiger partial charge on any atom is -1.00 e. The number of hydrogen-bond donors (Lipinski definition) is 12. The van der Waals surface area contributed by atoms with Crippen LogP contribution in [-0.4, -0.2) is 176 Å². The molecule has 0 aliphatic heterocycles. The third-order valence-electron chi connectivity index (χ3n) is 9.58. The molecule has 0 bridgehead atoms. The van der Waals surface area contributed by atoms with Gasteiger partial charge in [-0.15, -0.1) is 0 Å². The Balaban J connectivity index is -0.000000398. The number of nitrogens with one attached hydrogen (secondary N) is 9. The standard InChI is InChI=1S/C23H34N6O6.C20H39N9O5.C4H13N3.2CH4.ClH/c1-16(2)13-19(27-17(3)30)23(33)28-20(22(32)25-9-11-34-12-10-26-29-24)14-21(31)35-15-18-7-5-4-6-8-18;1-14(2)12-16(27-15(3)30)20(33)28-17(13-18(31)24-7-6-23-5-4-21)19(32)25-8-10-34-11-9-26-29-22;5-1-3-7-4-2-6;;;/h4-8,16,19-20H,9-15H2,1-3H3,(H,25,32)(H,27,30)(H,28,33);14,16-17,23H,4-13,21H2,1-3H3,(H,24,31)(H,25,32)(H,27,30)(H,28,33);7H,1-6H2;2*1H4;1H/t19-,20+;16-,17+;;;;/m11..../s1. The maximum atomic E-state index is 12.8. The highest BCUT2D eigenvalue weighted by Crippen LogP contribution is 2.09. The summed E-state index contributed by atoms with van der Waals surface area (Å²) < 4.78 is 15.7. The number of amides is 7. The van der Waals surface area contributed by atoms with Crippen molar-refractivity contribution in [3.8, 4) is 0 Å². The Kier molecular flexibility index (Phi) is 56.7. The first kappa shape index (κ1) is 81.5. The van der Waals surface area contributed by atoms with Crippen LogP contribution < -0.4 is 77.5 Å². The molecule has 1 aromatic rings. The van der Waals surface area contributed by atoms with Crippen molar-refractivity contribution >= 4 is 47.3 Å². The molecule has 0 heterocycles. The number of benzene rings is 1. The van der Waals surface area contributed by atoms with Gasteiger partial charge in [-0.05, 0) is 41.3 Å². The molecule has 0 radical (unpaired) electrons. The molecular formula is C49H95ClN18O11. The molecule has 0 saturated carbocycles. The maximum Gasteiger partial charge on any atom is 0.308 e. The Bertz CT molecular complexity index is 1910. The molecule has 79 heavy (non-hydrogen) atoms. The van der Waals surface area contributed by atoms with Crippen molar-refractivity contribution in [1.82, 2.24) is 47.9 Å². The summed E-state index contributed by atoms with van der Waals surface area (Å²) >= 11 is 0. The van der Waals surface area contributed by atoms with E-state index in [1.165, 1.54) is 13.8 Å². The zero-order valence-electron chi connectivity index (χ0n) is 45.6. The molecule has 0 aliphatic carbocycles. The molecule has 0 saturated heterocycles. The van der Waals surface area contributed by atoms with Crippen LogP contribution in [-0.2, 0) is 59.2 Å². The second kappa shape index (κ2) is 54.9. The Morgan fingerprint density at radius 1 is 0.582 bits per heavy atom. The van der Waals surface area contributed by atoms with E-state index >= 15 is 0 Å². The van der Waals surface area contributed by atoms with Crippen LogP contribution in [0.1, 0.15) is 87.6 Å². The number of rotatable bonds is 39. The smallest absolute Gasteiger partial charge is 0.308 e. The number of hydrogen-bond acceptors (Lipinski definition) is 17. The van der Waals surface area contributed by atoms with Gasteiger partial charge < -0.3 is 91.7 Å². The van der Waals surface area contributed by atoms with Gasteiger partial charge in [-0.3, -0.25) is 38.4 Å². The number of nitrogens with two attached hydrogens (primary N) is 2. The van der Waals surface area contributed by atoms with E-state index < -0.39 is 66.1 Å². The van der Waals surface area contributed by atoms with Gasteiger partial charge in [-0.1, -0.05) is 83.1 Å². The van der Waals surface area contributed by atoms with Gasteiger partial charge in [0.1, 0.15) is 30.8 Å². The van der Waals surface area contributed by atoms with Crippen LogP contribution in [0.15, 0.2) is 40.6 Å². The van der Waals surface area contributed by atoms with E-state index in [0.717, 1.165) is 31.7 Å². The van der Waals surface area contributed by atoms with Gasteiger partial charge in [0, 0.05) is 95.7 Å². The molecule has 0 unspecified atom stereocenters. The minimum atomic E-state index is -1.21. The van der Waals surface area contributed by atoms with Crippen molar-refractivity contribution in [3.05, 3.63) is 56.8 Å². The van der Waals surface area contributed by atoms with Crippen molar-refractivity contribution in [1.29, 1.82) is 0 Å². The summed E-state index contributed by atoms with van der Waals surface area (Å²) in [7, 11) is 0. The van der Waals surface area contributed by atoms with Gasteiger partial charge >= 0.3 is 5.97 Å². The van der Waals surface area contributed by atoms with Crippen LogP contribution in [0.25, 0.3) is 20.9 Å². The molecular weight excluding hydrogens is 1050 g/mol. The molecule has 454 valence electrons. The summed E-state index contributed by atoms with van der Waals surface area (Å²) in [5, 5.41) is 31.0. The highest BCUT2D eigenvalue weighted by molar-refractivity contribution is 5.95. The summed E-state index contributed by atoms with van der Waals surface area (Å²) in [6.07, 6.45) is 0.0792. The number of ether oxygens (including phenoxy) is 3. The van der Waals surface area contributed by atoms with E-state index in [1.807, 2.05) is 45.9 Å². The van der Waals surface area contributed by atoms with E-state index in [4.69, 9.17) is 36.7 Å². The van der Waals surface area contributed by atoms with Crippen molar-refractivity contribution in [2.24, 2.45) is 33.5 Å². The molecule has 1 rings (SSSR count). The lowest BCUT2D eigenvalue weighted by Crippen LogP contribution is -3.00. The first-order valence-corrected chi connectivity index (χ1v) is 25.3. The lowest BCUT2D eigenvalue weighted by atomic mass is 10.0. The minimum absolute atomic E-state index is 0. The van der Waals surface area contributed by atoms with Crippen LogP contribution in [0.5, 0.6) is 0 Å². The lowest BCUT2D eigenvalue weighted by molar-refractivity contribution is -0.365. The van der Waals surface area contributed by atoms with Gasteiger partial charge in [-0.25, -0.2) is 0 Å². The predicted molar refractivity (Wildman–Crippen MR) is 297 cm³/mol. The van der Waals surface area contributed by atoms with Crippen molar-refractivity contribution in [2.45, 2.75) is 113 Å². The number of carbonyl (C=O) groups excluding carboxylic acids is 8. The molecule has 4 atom stereocenters. The fourth-order valence-corrected chi connectivity index (χ4v) is 6.19. The first-order chi connectivity index (χ1) is 36.3. The normalized spacial score (nSPS) is 11.5. The van der Waals surface area contributed by atoms with Crippen LogP contribution in [0.4, 0.5) is 0 Å². The summed E-state index contributed by atoms with van der Waals surface area (Å²) in [6, 6.07) is 5.03. The molecule has 0 spiro atoms. The van der Waals surface area contributed by atoms with Crippen LogP contribution >= 0.6 is 0 Å². The third-order valence-corrected chi connectivity index (χ3v) is 9.58. The molecule has 16 N–H and O–H groups in total. The Morgan fingerprint density at radius 2 is 1.03 bits per heavy atom. The Hall–Kier alpha value is -6.39. The van der Waals surface area contributed by atoms with Gasteiger partial charge in [0.2, 0.25) is 41.4 Å². The van der Waals surface area contributed by atoms with E-state index in [0.29, 0.717) is 39.0 Å². The quantitative estimate of drug-likeness (QED) is 0.00988. The first-order valence-electron chi connectivity index (χ1n) is 25.3. The van der Waals surface area contributed by atoms with E-state index in [1.54, 1.807) is 12.1 Å². The summed E-state index contributed by atoms with van der Waals surface area (Å²) in [5.74, 6) is -3.87. The highest BCUT2D eigenvalue weighted by atomic mass is 35.5. The van der Waals surface area contributed by atoms with Gasteiger partial charge in [0.05, 0.1) is 45.8 Å². The van der Waals surface area contributed by atoms with Gasteiger partial charge in [0.25, 0.3) is 0 Å². The number of halogens is 1. The molecule has 0 aliphatic rings. The number of carbonyl (C=O) groups is 8. The molecule has 29 nitrogen and oxygen atoms in total. The number of quaternary nitrogens is 1. The molecule has 7 amide bonds. The van der Waals surface area contributed by atoms with E-state index in [2.05, 4.69) is 73.6 Å². The maximum absolute atomic E-state index is 12.8. The average Bonchev–Trinajstić information content (AvgIpc) is 3.36. The topological polar surface area (TPSA) is 450 Å². The van der Waals surface area contributed by atoms with Gasteiger partial charge in [-0.2, -0.15) is 0 Å². The summed E-state index contributed by atoms with van der Waals surface area (Å²) in [5.41, 5.74) is 31.3. The zero-order valence-corrected chi connectivity index (χ0v) is 46.4. The number of azide groups is 2. The molecule has 0 aromatic heterocycles. The fourth-order valence-electron chi connectivity index (χ4n) is 6.19. The van der Waals surface area contributed by atoms with Crippen LogP contribution in [0, 0.1) is 11.8 Å². The van der Waals surface area contributed by atoms with E-state index in [9.17, 15) is 38.4 Å². The molecule has 1 aromatic carbocycles. The second-order valence-corrected chi connectivity index (χ2v) is 17.4. The summed E-state index contributed by atoms with van der Waals surface area (Å²) in [6.45, 7) is 17.0. The van der Waals surface area contributed by atoms with Gasteiger partial charge in [0.15, 0.2) is 0 Å². The monoisotopic (exact) mass is 1150 g/mol. The highest BCUT2D eigenvalue weighted by Gasteiger charge is 2.30. The largest absolute Gasteiger partial charge is 1.00 e. The van der Waals surface area contributed by atoms with Crippen LogP contribution in [0.3, 0.4) is 0 Å². The Labute approximate surface area is 472 Å². The number of nitrogens with zero attached hydrogens (tertiary/aromatic N) is 6. The predicted octanol–water partition coefficient (Wildman–Crippen LogP) is -3.83. The SMILES string of the molecule is C.C.CC(=O)N[C@H](CC(C)C)C(=O)N[C@@H](CC(=O)NCCNCC[NH3+])C(=O)NCCOCCN=[N+]=[N-].CC(=O)N[C@H](CC(C)C)C(=O)N[C@@H](CC(=O)OCc1ccccc1)C(=O)NCCOCCN=[N+]=[N-].NCCNCCN.[Cl-]. The fraction of sp³-hybridized carbons (Fsp3) is 0.714. The van der Waals surface area contributed by atoms with Crippen molar-refractivity contribution in [3.63, 3.8) is 0 Å². The molecule has 0 fully saturated rings. The van der Waals surface area contributed by atoms with Crippen molar-refractivity contribution in [2.75, 3.05) is 105 Å².